The van der Waals surface area contributed by atoms with Gasteiger partial charge in [0, 0.05) is 29.1 Å². The lowest BCUT2D eigenvalue weighted by Crippen LogP contribution is -2.55. The summed E-state index contributed by atoms with van der Waals surface area (Å²) in [5.41, 5.74) is 2.03. The van der Waals surface area contributed by atoms with Gasteiger partial charge in [0.1, 0.15) is 35.5 Å². The van der Waals surface area contributed by atoms with Crippen LogP contribution in [0.3, 0.4) is 0 Å². The van der Waals surface area contributed by atoms with Crippen LogP contribution < -0.4 is 19.5 Å². The van der Waals surface area contributed by atoms with Crippen molar-refractivity contribution >= 4 is 51.3 Å². The highest BCUT2D eigenvalue weighted by Gasteiger charge is 2.31. The number of rotatable bonds is 9. The maximum absolute atomic E-state index is 15.2. The minimum Gasteiger partial charge on any atom is -0.493 e. The number of hydrogen-bond donors (Lipinski definition) is 1. The number of thiazole rings is 1. The Balaban J connectivity index is 1.19. The van der Waals surface area contributed by atoms with Crippen LogP contribution in [0.5, 0.6) is 22.4 Å². The van der Waals surface area contributed by atoms with Crippen LogP contribution in [0.2, 0.25) is 5.02 Å². The number of fused-ring (bicyclic) bond motifs is 1. The summed E-state index contributed by atoms with van der Waals surface area (Å²) < 4.78 is 32.6. The van der Waals surface area contributed by atoms with Crippen LogP contribution in [-0.4, -0.2) is 57.0 Å². The van der Waals surface area contributed by atoms with Crippen LogP contribution >= 0.6 is 22.9 Å². The van der Waals surface area contributed by atoms with Crippen molar-refractivity contribution in [2.75, 3.05) is 25.5 Å². The third-order valence-electron chi connectivity index (χ3n) is 6.42. The second-order valence-corrected chi connectivity index (χ2v) is 10.4. The first-order valence-corrected chi connectivity index (χ1v) is 13.9. The molecule has 1 aliphatic rings. The zero-order valence-corrected chi connectivity index (χ0v) is 23.7. The number of carbonyl (C=O) groups is 1. The summed E-state index contributed by atoms with van der Waals surface area (Å²) in [7, 11) is 1.53. The second-order valence-electron chi connectivity index (χ2n) is 9.16. The number of pyridine rings is 1. The smallest absolute Gasteiger partial charge is 0.279 e. The fraction of sp³-hybridized carbons (Fsp3) is 0.138. The third kappa shape index (κ3) is 5.67. The van der Waals surface area contributed by atoms with E-state index in [0.29, 0.717) is 62.9 Å². The minimum atomic E-state index is -0.554. The van der Waals surface area contributed by atoms with E-state index in [4.69, 9.17) is 25.8 Å². The molecule has 0 unspecified atom stereocenters. The van der Waals surface area contributed by atoms with Gasteiger partial charge in [-0.3, -0.25) is 9.78 Å². The SMILES string of the molecule is C=CC(=O)N1CC(Oc2cc3c(Nc4ccc(Oc5nc(-c6ccc(Cl)cn6)cs5)cc4F)ncnc3cc2OC)C1. The summed E-state index contributed by atoms with van der Waals surface area (Å²) in [4.78, 5) is 30.7. The maximum atomic E-state index is 15.2. The van der Waals surface area contributed by atoms with Gasteiger partial charge in [0.15, 0.2) is 11.5 Å². The van der Waals surface area contributed by atoms with E-state index in [-0.39, 0.29) is 23.4 Å². The monoisotopic (exact) mass is 604 g/mol. The van der Waals surface area contributed by atoms with Crippen LogP contribution in [0.15, 0.2) is 73.0 Å². The molecule has 0 spiro atoms. The van der Waals surface area contributed by atoms with Gasteiger partial charge < -0.3 is 24.4 Å². The third-order valence-corrected chi connectivity index (χ3v) is 7.36. The number of methoxy groups -OCH3 is 1. The highest BCUT2D eigenvalue weighted by molar-refractivity contribution is 7.11. The lowest BCUT2D eigenvalue weighted by Gasteiger charge is -2.38. The molecule has 42 heavy (non-hydrogen) atoms. The fourth-order valence-electron chi connectivity index (χ4n) is 4.25. The Kier molecular flexibility index (Phi) is 7.55. The standard InChI is InChI=1S/C29H22ClFN6O4S/c1-3-27(38)37-12-18(13-37)40-26-9-19-23(10-25(26)39-2)33-15-34-28(19)35-21-7-5-17(8-20(21)31)41-29-36-24(14-42-29)22-6-4-16(30)11-32-22/h3-11,14-15,18H,1,12-13H2,2H3,(H,33,34,35). The largest absolute Gasteiger partial charge is 0.493 e. The molecule has 13 heteroatoms. The number of likely N-dealkylation sites (tertiary alicyclic amines) is 1. The van der Waals surface area contributed by atoms with Crippen LogP contribution in [0, 0.1) is 5.82 Å². The molecule has 5 aromatic rings. The van der Waals surface area contributed by atoms with E-state index in [1.807, 2.05) is 0 Å². The zero-order valence-electron chi connectivity index (χ0n) is 22.1. The van der Waals surface area contributed by atoms with Crippen molar-refractivity contribution in [3.63, 3.8) is 0 Å². The number of anilines is 2. The lowest BCUT2D eigenvalue weighted by atomic mass is 10.1. The number of benzene rings is 2. The van der Waals surface area contributed by atoms with Crippen molar-refractivity contribution in [1.29, 1.82) is 0 Å². The van der Waals surface area contributed by atoms with E-state index >= 15 is 4.39 Å². The second kappa shape index (κ2) is 11.6. The Labute approximate surface area is 248 Å². The molecule has 1 saturated heterocycles. The average Bonchev–Trinajstić information content (AvgIpc) is 3.44. The first-order valence-electron chi connectivity index (χ1n) is 12.6. The molecule has 0 atom stereocenters. The summed E-state index contributed by atoms with van der Waals surface area (Å²) in [6, 6.07) is 11.4. The Morgan fingerprint density at radius 2 is 2.00 bits per heavy atom. The molecule has 6 rings (SSSR count). The molecule has 212 valence electrons. The number of nitrogens with zero attached hydrogens (tertiary/aromatic N) is 5. The van der Waals surface area contributed by atoms with Crippen LogP contribution in [0.25, 0.3) is 22.3 Å². The number of aromatic nitrogens is 4. The summed E-state index contributed by atoms with van der Waals surface area (Å²) in [5, 5.41) is 6.30. The molecule has 0 radical (unpaired) electrons. The van der Waals surface area contributed by atoms with Crippen molar-refractivity contribution in [1.82, 2.24) is 24.8 Å². The van der Waals surface area contributed by atoms with Crippen molar-refractivity contribution in [2.24, 2.45) is 0 Å². The Morgan fingerprint density at radius 3 is 2.74 bits per heavy atom. The summed E-state index contributed by atoms with van der Waals surface area (Å²) in [6.07, 6.45) is 3.98. The predicted octanol–water partition coefficient (Wildman–Crippen LogP) is 6.26. The summed E-state index contributed by atoms with van der Waals surface area (Å²) in [6.45, 7) is 4.37. The van der Waals surface area contributed by atoms with E-state index < -0.39 is 5.82 Å². The van der Waals surface area contributed by atoms with Crippen molar-refractivity contribution in [3.05, 3.63) is 83.9 Å². The van der Waals surface area contributed by atoms with Gasteiger partial charge in [0.05, 0.1) is 42.1 Å². The molecule has 1 fully saturated rings. The summed E-state index contributed by atoms with van der Waals surface area (Å²) in [5.74, 6) is 0.884. The van der Waals surface area contributed by atoms with Gasteiger partial charge in [0.2, 0.25) is 5.91 Å². The number of carbonyl (C=O) groups excluding carboxylic acids is 1. The van der Waals surface area contributed by atoms with Gasteiger partial charge in [0.25, 0.3) is 5.19 Å². The molecule has 4 heterocycles. The molecule has 1 amide bonds. The van der Waals surface area contributed by atoms with E-state index in [1.165, 1.54) is 36.9 Å². The van der Waals surface area contributed by atoms with Gasteiger partial charge >= 0.3 is 0 Å². The molecule has 0 saturated carbocycles. The fourth-order valence-corrected chi connectivity index (χ4v) is 5.05. The highest BCUT2D eigenvalue weighted by atomic mass is 35.5. The Bertz CT molecular complexity index is 1800. The van der Waals surface area contributed by atoms with E-state index in [9.17, 15) is 4.79 Å². The molecule has 0 aliphatic carbocycles. The Morgan fingerprint density at radius 1 is 1.14 bits per heavy atom. The Hall–Kier alpha value is -4.81. The molecular weight excluding hydrogens is 583 g/mol. The molecule has 2 aromatic carbocycles. The molecule has 1 aliphatic heterocycles. The number of halogens is 2. The number of hydrogen-bond acceptors (Lipinski definition) is 10. The molecule has 0 bridgehead atoms. The quantitative estimate of drug-likeness (QED) is 0.195. The van der Waals surface area contributed by atoms with E-state index in [2.05, 4.69) is 31.8 Å². The van der Waals surface area contributed by atoms with Crippen LogP contribution in [0.4, 0.5) is 15.9 Å². The topological polar surface area (TPSA) is 112 Å². The number of nitrogens with one attached hydrogen (secondary N) is 1. The molecular formula is C29H22ClFN6O4S. The van der Waals surface area contributed by atoms with E-state index in [1.54, 1.807) is 52.9 Å². The van der Waals surface area contributed by atoms with Crippen molar-refractivity contribution < 1.29 is 23.4 Å². The van der Waals surface area contributed by atoms with Crippen molar-refractivity contribution in [2.45, 2.75) is 6.10 Å². The normalized spacial score (nSPS) is 13.0. The molecule has 1 N–H and O–H groups in total. The predicted molar refractivity (Wildman–Crippen MR) is 157 cm³/mol. The van der Waals surface area contributed by atoms with Crippen LogP contribution in [0.1, 0.15) is 0 Å². The maximum Gasteiger partial charge on any atom is 0.279 e. The van der Waals surface area contributed by atoms with Gasteiger partial charge in [-0.15, -0.1) is 0 Å². The highest BCUT2D eigenvalue weighted by Crippen LogP contribution is 2.37. The first kappa shape index (κ1) is 27.4. The van der Waals surface area contributed by atoms with E-state index in [0.717, 1.165) is 0 Å². The van der Waals surface area contributed by atoms with Crippen LogP contribution in [-0.2, 0) is 4.79 Å². The molecule has 10 nitrogen and oxygen atoms in total. The number of amides is 1. The lowest BCUT2D eigenvalue weighted by molar-refractivity contribution is -0.134. The minimum absolute atomic E-state index is 0.148. The molecule has 3 aromatic heterocycles. The van der Waals surface area contributed by atoms with Crippen molar-refractivity contribution in [3.8, 4) is 33.8 Å². The average molecular weight is 605 g/mol. The van der Waals surface area contributed by atoms with Gasteiger partial charge in [-0.2, -0.15) is 0 Å². The summed E-state index contributed by atoms with van der Waals surface area (Å²) >= 11 is 7.17. The first-order chi connectivity index (χ1) is 20.4. The van der Waals surface area contributed by atoms with Gasteiger partial charge in [-0.25, -0.2) is 19.3 Å². The van der Waals surface area contributed by atoms with Gasteiger partial charge in [-0.05, 0) is 36.4 Å². The zero-order chi connectivity index (χ0) is 29.2. The number of ether oxygens (including phenoxy) is 3. The van der Waals surface area contributed by atoms with Gasteiger partial charge in [-0.1, -0.05) is 29.5 Å².